The maximum atomic E-state index is 5.87. The lowest BCUT2D eigenvalue weighted by Crippen LogP contribution is -2.13. The van der Waals surface area contributed by atoms with Crippen LogP contribution in [0, 0.1) is 0 Å². The Labute approximate surface area is 77.0 Å². The zero-order valence-corrected chi connectivity index (χ0v) is 7.38. The van der Waals surface area contributed by atoms with Crippen molar-refractivity contribution in [3.8, 4) is 0 Å². The van der Waals surface area contributed by atoms with Crippen molar-refractivity contribution in [2.24, 2.45) is 0 Å². The SMILES string of the molecule is Clc1cccc(C2C=CCN2)c1. The molecule has 1 N–H and O–H groups in total. The molecule has 0 aliphatic carbocycles. The highest BCUT2D eigenvalue weighted by Crippen LogP contribution is 2.20. The van der Waals surface area contributed by atoms with Crippen LogP contribution in [0.25, 0.3) is 0 Å². The molecule has 0 spiro atoms. The molecule has 0 saturated heterocycles. The monoisotopic (exact) mass is 179 g/mol. The summed E-state index contributed by atoms with van der Waals surface area (Å²) >= 11 is 5.87. The molecule has 62 valence electrons. The standard InChI is InChI=1S/C10H10ClN/c11-9-4-1-3-8(7-9)10-5-2-6-12-10/h1-5,7,10,12H,6H2. The van der Waals surface area contributed by atoms with Gasteiger partial charge in [-0.1, -0.05) is 35.9 Å². The molecule has 12 heavy (non-hydrogen) atoms. The van der Waals surface area contributed by atoms with Gasteiger partial charge in [0.2, 0.25) is 0 Å². The molecule has 0 aromatic heterocycles. The lowest BCUT2D eigenvalue weighted by molar-refractivity contribution is 0.713. The van der Waals surface area contributed by atoms with Crippen LogP contribution in [0.15, 0.2) is 36.4 Å². The average molecular weight is 180 g/mol. The Morgan fingerprint density at radius 2 is 2.33 bits per heavy atom. The van der Waals surface area contributed by atoms with E-state index in [1.165, 1.54) is 5.56 Å². The lowest BCUT2D eigenvalue weighted by Gasteiger charge is -2.08. The molecule has 1 unspecified atom stereocenters. The van der Waals surface area contributed by atoms with Gasteiger partial charge in [0, 0.05) is 11.6 Å². The van der Waals surface area contributed by atoms with Gasteiger partial charge in [0.25, 0.3) is 0 Å². The van der Waals surface area contributed by atoms with Crippen molar-refractivity contribution in [3.05, 3.63) is 47.0 Å². The summed E-state index contributed by atoms with van der Waals surface area (Å²) in [7, 11) is 0. The number of benzene rings is 1. The summed E-state index contributed by atoms with van der Waals surface area (Å²) in [5, 5.41) is 4.13. The first-order chi connectivity index (χ1) is 5.86. The molecule has 0 bridgehead atoms. The van der Waals surface area contributed by atoms with Crippen molar-refractivity contribution in [2.45, 2.75) is 6.04 Å². The predicted molar refractivity (Wildman–Crippen MR) is 51.3 cm³/mol. The third-order valence-electron chi connectivity index (χ3n) is 1.99. The van der Waals surface area contributed by atoms with Crippen LogP contribution in [0.4, 0.5) is 0 Å². The summed E-state index contributed by atoms with van der Waals surface area (Å²) in [5.74, 6) is 0. The van der Waals surface area contributed by atoms with Crippen molar-refractivity contribution < 1.29 is 0 Å². The van der Waals surface area contributed by atoms with Gasteiger partial charge in [-0.15, -0.1) is 0 Å². The smallest absolute Gasteiger partial charge is 0.0509 e. The number of hydrogen-bond acceptors (Lipinski definition) is 1. The van der Waals surface area contributed by atoms with E-state index in [1.807, 2.05) is 18.2 Å². The van der Waals surface area contributed by atoms with E-state index in [0.29, 0.717) is 6.04 Å². The van der Waals surface area contributed by atoms with Gasteiger partial charge < -0.3 is 5.32 Å². The highest BCUT2D eigenvalue weighted by molar-refractivity contribution is 6.30. The first kappa shape index (κ1) is 7.84. The summed E-state index contributed by atoms with van der Waals surface area (Å²) < 4.78 is 0. The van der Waals surface area contributed by atoms with Gasteiger partial charge in [-0.25, -0.2) is 0 Å². The first-order valence-corrected chi connectivity index (χ1v) is 4.39. The van der Waals surface area contributed by atoms with E-state index in [0.717, 1.165) is 11.6 Å². The molecule has 0 fully saturated rings. The summed E-state index contributed by atoms with van der Waals surface area (Å²) in [6, 6.07) is 8.30. The number of rotatable bonds is 1. The van der Waals surface area contributed by atoms with Gasteiger partial charge in [-0.05, 0) is 17.7 Å². The highest BCUT2D eigenvalue weighted by Gasteiger charge is 2.09. The molecular formula is C10H10ClN. The van der Waals surface area contributed by atoms with E-state index in [-0.39, 0.29) is 0 Å². The van der Waals surface area contributed by atoms with E-state index >= 15 is 0 Å². The van der Waals surface area contributed by atoms with Crippen molar-refractivity contribution >= 4 is 11.6 Å². The van der Waals surface area contributed by atoms with Crippen LogP contribution in [0.2, 0.25) is 5.02 Å². The second-order valence-electron chi connectivity index (χ2n) is 2.87. The van der Waals surface area contributed by atoms with E-state index in [9.17, 15) is 0 Å². The molecule has 1 heterocycles. The molecule has 0 amide bonds. The number of hydrogen-bond donors (Lipinski definition) is 1. The fourth-order valence-electron chi connectivity index (χ4n) is 1.40. The molecule has 2 heteroatoms. The van der Waals surface area contributed by atoms with E-state index in [2.05, 4.69) is 23.5 Å². The number of halogens is 1. The van der Waals surface area contributed by atoms with Crippen LogP contribution in [0.1, 0.15) is 11.6 Å². The molecule has 2 rings (SSSR count). The third-order valence-corrected chi connectivity index (χ3v) is 2.23. The second kappa shape index (κ2) is 3.30. The van der Waals surface area contributed by atoms with Crippen LogP contribution < -0.4 is 5.32 Å². The van der Waals surface area contributed by atoms with Gasteiger partial charge in [0.1, 0.15) is 0 Å². The van der Waals surface area contributed by atoms with Crippen LogP contribution >= 0.6 is 11.6 Å². The lowest BCUT2D eigenvalue weighted by atomic mass is 10.1. The quantitative estimate of drug-likeness (QED) is 0.654. The minimum absolute atomic E-state index is 0.351. The van der Waals surface area contributed by atoms with E-state index in [4.69, 9.17) is 11.6 Å². The highest BCUT2D eigenvalue weighted by atomic mass is 35.5. The zero-order valence-electron chi connectivity index (χ0n) is 6.63. The Kier molecular flexibility index (Phi) is 2.15. The third kappa shape index (κ3) is 1.52. The molecule has 1 aliphatic heterocycles. The zero-order chi connectivity index (χ0) is 8.39. The van der Waals surface area contributed by atoms with Crippen LogP contribution in [0.3, 0.4) is 0 Å². The maximum absolute atomic E-state index is 5.87. The molecular weight excluding hydrogens is 170 g/mol. The van der Waals surface area contributed by atoms with E-state index in [1.54, 1.807) is 0 Å². The molecule has 0 saturated carbocycles. The fourth-order valence-corrected chi connectivity index (χ4v) is 1.59. The molecule has 1 atom stereocenters. The number of nitrogens with one attached hydrogen (secondary N) is 1. The molecule has 0 radical (unpaired) electrons. The summed E-state index contributed by atoms with van der Waals surface area (Å²) in [6.07, 6.45) is 4.29. The van der Waals surface area contributed by atoms with Gasteiger partial charge in [-0.2, -0.15) is 0 Å². The predicted octanol–water partition coefficient (Wildman–Crippen LogP) is 2.54. The summed E-state index contributed by atoms with van der Waals surface area (Å²) in [6.45, 7) is 0.956. The van der Waals surface area contributed by atoms with Crippen molar-refractivity contribution in [2.75, 3.05) is 6.54 Å². The molecule has 1 aliphatic rings. The normalized spacial score (nSPS) is 21.6. The Hall–Kier alpha value is -0.790. The van der Waals surface area contributed by atoms with Gasteiger partial charge >= 0.3 is 0 Å². The summed E-state index contributed by atoms with van der Waals surface area (Å²) in [5.41, 5.74) is 1.23. The van der Waals surface area contributed by atoms with E-state index < -0.39 is 0 Å². The topological polar surface area (TPSA) is 12.0 Å². The Morgan fingerprint density at radius 3 is 3.00 bits per heavy atom. The first-order valence-electron chi connectivity index (χ1n) is 4.02. The Bertz CT molecular complexity index is 306. The van der Waals surface area contributed by atoms with Crippen LogP contribution in [0.5, 0.6) is 0 Å². The minimum atomic E-state index is 0.351. The molecule has 1 aromatic rings. The Balaban J connectivity index is 2.27. The average Bonchev–Trinajstić information content (AvgIpc) is 2.56. The minimum Gasteiger partial charge on any atom is -0.303 e. The maximum Gasteiger partial charge on any atom is 0.0509 e. The van der Waals surface area contributed by atoms with Crippen molar-refractivity contribution in [3.63, 3.8) is 0 Å². The van der Waals surface area contributed by atoms with Crippen LogP contribution in [-0.2, 0) is 0 Å². The van der Waals surface area contributed by atoms with Crippen LogP contribution in [-0.4, -0.2) is 6.54 Å². The van der Waals surface area contributed by atoms with Gasteiger partial charge in [-0.3, -0.25) is 0 Å². The molecule has 1 aromatic carbocycles. The Morgan fingerprint density at radius 1 is 1.42 bits per heavy atom. The van der Waals surface area contributed by atoms with Crippen molar-refractivity contribution in [1.82, 2.24) is 5.32 Å². The van der Waals surface area contributed by atoms with Crippen molar-refractivity contribution in [1.29, 1.82) is 0 Å². The fraction of sp³-hybridized carbons (Fsp3) is 0.200. The second-order valence-corrected chi connectivity index (χ2v) is 3.31. The largest absolute Gasteiger partial charge is 0.303 e. The molecule has 1 nitrogen and oxygen atoms in total. The van der Waals surface area contributed by atoms with Gasteiger partial charge in [0.15, 0.2) is 0 Å². The van der Waals surface area contributed by atoms with Gasteiger partial charge in [0.05, 0.1) is 6.04 Å². The summed E-state index contributed by atoms with van der Waals surface area (Å²) in [4.78, 5) is 0.